The van der Waals surface area contributed by atoms with Crippen LogP contribution in [0.2, 0.25) is 0 Å². The van der Waals surface area contributed by atoms with Crippen LogP contribution in [-0.4, -0.2) is 17.8 Å². The molecule has 2 N–H and O–H groups in total. The number of benzene rings is 1. The van der Waals surface area contributed by atoms with Crippen molar-refractivity contribution < 1.29 is 13.9 Å². The summed E-state index contributed by atoms with van der Waals surface area (Å²) in [5.74, 6) is -1.34. The molecule has 1 aliphatic rings. The fourth-order valence-electron chi connectivity index (χ4n) is 2.59. The van der Waals surface area contributed by atoms with Gasteiger partial charge in [-0.05, 0) is 36.5 Å². The van der Waals surface area contributed by atoms with Gasteiger partial charge in [-0.2, -0.15) is 0 Å². The monoisotopic (exact) mass is 255 g/mol. The molecule has 1 aromatic carbocycles. The summed E-state index contributed by atoms with van der Waals surface area (Å²) < 4.78 is 25.8. The first-order valence-electron chi connectivity index (χ1n) is 6.49. The van der Waals surface area contributed by atoms with Crippen molar-refractivity contribution >= 4 is 0 Å². The molecule has 18 heavy (non-hydrogen) atoms. The highest BCUT2D eigenvalue weighted by molar-refractivity contribution is 5.17. The minimum atomic E-state index is -0.815. The van der Waals surface area contributed by atoms with Gasteiger partial charge in [-0.3, -0.25) is 0 Å². The van der Waals surface area contributed by atoms with Crippen molar-refractivity contribution in [1.29, 1.82) is 0 Å². The Morgan fingerprint density at radius 2 is 1.94 bits per heavy atom. The van der Waals surface area contributed by atoms with E-state index in [0.717, 1.165) is 37.3 Å². The lowest BCUT2D eigenvalue weighted by molar-refractivity contribution is 0.152. The largest absolute Gasteiger partial charge is 0.396 e. The van der Waals surface area contributed by atoms with Crippen molar-refractivity contribution in [1.82, 2.24) is 5.32 Å². The van der Waals surface area contributed by atoms with Gasteiger partial charge in [0.2, 0.25) is 0 Å². The third-order valence-electron chi connectivity index (χ3n) is 3.70. The predicted octanol–water partition coefficient (Wildman–Crippen LogP) is 2.61. The molecular weight excluding hydrogens is 236 g/mol. The van der Waals surface area contributed by atoms with E-state index in [1.54, 1.807) is 6.07 Å². The maximum absolute atomic E-state index is 13.0. The Hall–Kier alpha value is -1.00. The molecule has 2 atom stereocenters. The van der Waals surface area contributed by atoms with Crippen molar-refractivity contribution in [3.8, 4) is 0 Å². The van der Waals surface area contributed by atoms with Crippen LogP contribution in [0.1, 0.15) is 31.2 Å². The van der Waals surface area contributed by atoms with E-state index in [4.69, 9.17) is 0 Å². The van der Waals surface area contributed by atoms with Gasteiger partial charge in [0, 0.05) is 19.2 Å². The molecule has 100 valence electrons. The second-order valence-corrected chi connectivity index (χ2v) is 4.96. The molecule has 2 unspecified atom stereocenters. The Bertz CT molecular complexity index is 397. The summed E-state index contributed by atoms with van der Waals surface area (Å²) in [7, 11) is 0. The SMILES string of the molecule is OCC1CCCCC1NCc1ccc(F)c(F)c1. The summed E-state index contributed by atoms with van der Waals surface area (Å²) in [5.41, 5.74) is 0.733. The Morgan fingerprint density at radius 3 is 2.67 bits per heavy atom. The first-order chi connectivity index (χ1) is 8.70. The standard InChI is InChI=1S/C14H19F2NO/c15-12-6-5-10(7-13(12)16)8-17-14-4-2-1-3-11(14)9-18/h5-7,11,14,17-18H,1-4,8-9H2. The van der Waals surface area contributed by atoms with Crippen LogP contribution < -0.4 is 5.32 Å². The molecule has 2 rings (SSSR count). The molecule has 1 saturated carbocycles. The number of rotatable bonds is 4. The molecule has 0 heterocycles. The average molecular weight is 255 g/mol. The maximum Gasteiger partial charge on any atom is 0.159 e. The lowest BCUT2D eigenvalue weighted by Crippen LogP contribution is -2.39. The molecule has 4 heteroatoms. The lowest BCUT2D eigenvalue weighted by atomic mass is 9.85. The summed E-state index contributed by atoms with van der Waals surface area (Å²) >= 11 is 0. The van der Waals surface area contributed by atoms with Gasteiger partial charge in [-0.1, -0.05) is 18.9 Å². The second-order valence-electron chi connectivity index (χ2n) is 4.96. The number of halogens is 2. The molecule has 0 amide bonds. The number of aliphatic hydroxyl groups is 1. The third-order valence-corrected chi connectivity index (χ3v) is 3.70. The molecule has 0 spiro atoms. The van der Waals surface area contributed by atoms with Gasteiger partial charge in [0.25, 0.3) is 0 Å². The van der Waals surface area contributed by atoms with E-state index in [1.165, 1.54) is 6.07 Å². The molecule has 0 saturated heterocycles. The van der Waals surface area contributed by atoms with Gasteiger partial charge < -0.3 is 10.4 Å². The lowest BCUT2D eigenvalue weighted by Gasteiger charge is -2.31. The van der Waals surface area contributed by atoms with Crippen LogP contribution >= 0.6 is 0 Å². The van der Waals surface area contributed by atoms with Gasteiger partial charge in [-0.25, -0.2) is 8.78 Å². The van der Waals surface area contributed by atoms with Crippen LogP contribution in [0.15, 0.2) is 18.2 Å². The van der Waals surface area contributed by atoms with Crippen LogP contribution in [-0.2, 0) is 6.54 Å². The highest BCUT2D eigenvalue weighted by Gasteiger charge is 2.23. The van der Waals surface area contributed by atoms with E-state index in [0.29, 0.717) is 6.54 Å². The van der Waals surface area contributed by atoms with E-state index in [1.807, 2.05) is 0 Å². The summed E-state index contributed by atoms with van der Waals surface area (Å²) in [6, 6.07) is 4.23. The Balaban J connectivity index is 1.91. The summed E-state index contributed by atoms with van der Waals surface area (Å²) in [5, 5.41) is 12.6. The molecule has 1 aliphatic carbocycles. The van der Waals surface area contributed by atoms with Gasteiger partial charge in [-0.15, -0.1) is 0 Å². The molecule has 1 aromatic rings. The highest BCUT2D eigenvalue weighted by atomic mass is 19.2. The van der Waals surface area contributed by atoms with Gasteiger partial charge in [0.05, 0.1) is 0 Å². The zero-order valence-corrected chi connectivity index (χ0v) is 10.3. The molecule has 0 bridgehead atoms. The second kappa shape index (κ2) is 6.25. The minimum absolute atomic E-state index is 0.190. The van der Waals surface area contributed by atoms with Crippen molar-refractivity contribution in [2.24, 2.45) is 5.92 Å². The number of nitrogens with one attached hydrogen (secondary N) is 1. The van der Waals surface area contributed by atoms with E-state index < -0.39 is 11.6 Å². The maximum atomic E-state index is 13.0. The third kappa shape index (κ3) is 3.27. The number of hydrogen-bond acceptors (Lipinski definition) is 2. The molecule has 1 fully saturated rings. The van der Waals surface area contributed by atoms with Gasteiger partial charge in [0.1, 0.15) is 0 Å². The Labute approximate surface area is 106 Å². The highest BCUT2D eigenvalue weighted by Crippen LogP contribution is 2.24. The van der Waals surface area contributed by atoms with Crippen molar-refractivity contribution in [2.75, 3.05) is 6.61 Å². The molecule has 0 aliphatic heterocycles. The fourth-order valence-corrected chi connectivity index (χ4v) is 2.59. The summed E-state index contributed by atoms with van der Waals surface area (Å²) in [6.45, 7) is 0.702. The molecular formula is C14H19F2NO. The van der Waals surface area contributed by atoms with E-state index in [2.05, 4.69) is 5.32 Å². The average Bonchev–Trinajstić information content (AvgIpc) is 2.40. The Morgan fingerprint density at radius 1 is 1.17 bits per heavy atom. The first kappa shape index (κ1) is 13.4. The molecule has 2 nitrogen and oxygen atoms in total. The van der Waals surface area contributed by atoms with Crippen molar-refractivity contribution in [2.45, 2.75) is 38.3 Å². The van der Waals surface area contributed by atoms with E-state index in [-0.39, 0.29) is 18.6 Å². The van der Waals surface area contributed by atoms with Gasteiger partial charge >= 0.3 is 0 Å². The molecule has 0 radical (unpaired) electrons. The van der Waals surface area contributed by atoms with Crippen molar-refractivity contribution in [3.05, 3.63) is 35.4 Å². The summed E-state index contributed by atoms with van der Waals surface area (Å²) in [6.07, 6.45) is 4.39. The van der Waals surface area contributed by atoms with Crippen LogP contribution in [0, 0.1) is 17.6 Å². The predicted molar refractivity (Wildman–Crippen MR) is 66.0 cm³/mol. The Kier molecular flexibility index (Phi) is 4.66. The van der Waals surface area contributed by atoms with Crippen LogP contribution in [0.25, 0.3) is 0 Å². The minimum Gasteiger partial charge on any atom is -0.396 e. The number of aliphatic hydroxyl groups excluding tert-OH is 1. The quantitative estimate of drug-likeness (QED) is 0.866. The van der Waals surface area contributed by atoms with Crippen LogP contribution in [0.5, 0.6) is 0 Å². The topological polar surface area (TPSA) is 32.3 Å². The van der Waals surface area contributed by atoms with Crippen molar-refractivity contribution in [3.63, 3.8) is 0 Å². The normalized spacial score (nSPS) is 24.2. The van der Waals surface area contributed by atoms with Crippen LogP contribution in [0.3, 0.4) is 0 Å². The summed E-state index contributed by atoms with van der Waals surface area (Å²) in [4.78, 5) is 0. The zero-order valence-electron chi connectivity index (χ0n) is 10.3. The van der Waals surface area contributed by atoms with Gasteiger partial charge in [0.15, 0.2) is 11.6 Å². The zero-order chi connectivity index (χ0) is 13.0. The molecule has 0 aromatic heterocycles. The number of hydrogen-bond donors (Lipinski definition) is 2. The van der Waals surface area contributed by atoms with Crippen LogP contribution in [0.4, 0.5) is 8.78 Å². The smallest absolute Gasteiger partial charge is 0.159 e. The fraction of sp³-hybridized carbons (Fsp3) is 0.571. The van der Waals surface area contributed by atoms with E-state index >= 15 is 0 Å². The first-order valence-corrected chi connectivity index (χ1v) is 6.49. The van der Waals surface area contributed by atoms with E-state index in [9.17, 15) is 13.9 Å².